The van der Waals surface area contributed by atoms with E-state index in [1.165, 1.54) is 92.3 Å². The number of benzene rings is 11. The SMILES string of the molecule is c1ccc2cc(-c3ccc(-c4nc(-c5ccc(-c6ccc7ccccc7c6)cc5)nc(-n5c6ccc7cccc8c7c6c6c7c(ccc9c%10ccccc%10n8c97)ccc65)n4)cc3)ccc2c1. The van der Waals surface area contributed by atoms with Crippen molar-refractivity contribution in [3.63, 3.8) is 0 Å². The first-order valence-corrected chi connectivity index (χ1v) is 22.5. The lowest BCUT2D eigenvalue weighted by Gasteiger charge is -2.13. The van der Waals surface area contributed by atoms with Crippen molar-refractivity contribution in [1.82, 2.24) is 23.9 Å². The Balaban J connectivity index is 0.973. The third kappa shape index (κ3) is 5.02. The highest BCUT2D eigenvalue weighted by Gasteiger charge is 2.26. The minimum absolute atomic E-state index is 0.580. The molecule has 15 rings (SSSR count). The fourth-order valence-electron chi connectivity index (χ4n) is 10.9. The van der Waals surface area contributed by atoms with Gasteiger partial charge >= 0.3 is 0 Å². The number of hydrogen-bond acceptors (Lipinski definition) is 3. The van der Waals surface area contributed by atoms with E-state index < -0.39 is 0 Å². The molecule has 66 heavy (non-hydrogen) atoms. The molecule has 5 heteroatoms. The van der Waals surface area contributed by atoms with Crippen LogP contribution in [-0.2, 0) is 0 Å². The average Bonchev–Trinajstić information content (AvgIpc) is 3.87. The van der Waals surface area contributed by atoms with Gasteiger partial charge in [-0.1, -0.05) is 176 Å². The quantitative estimate of drug-likeness (QED) is 0.173. The summed E-state index contributed by atoms with van der Waals surface area (Å²) >= 11 is 0. The number of para-hydroxylation sites is 1. The van der Waals surface area contributed by atoms with Crippen molar-refractivity contribution >= 4 is 92.2 Å². The number of hydrogen-bond donors (Lipinski definition) is 0. The molecule has 0 aliphatic carbocycles. The topological polar surface area (TPSA) is 48.0 Å². The van der Waals surface area contributed by atoms with Crippen molar-refractivity contribution in [1.29, 1.82) is 0 Å². The molecule has 0 saturated carbocycles. The van der Waals surface area contributed by atoms with Crippen LogP contribution in [-0.4, -0.2) is 23.9 Å². The molecule has 0 radical (unpaired) electrons. The lowest BCUT2D eigenvalue weighted by atomic mass is 9.98. The standard InChI is InChI=1S/C61H35N5/c1-3-10-44-34-46(26-20-36(44)8-1)38-16-22-42(23-17-38)59-62-60(43-24-18-39(19-25-43)47-27-21-37-9-2-4-11-45(37)35-47)64-61(63-59)66-52-32-29-40-12-7-15-51-54(40)56(52)57-53(66)33-30-41-28-31-49-48-13-5-6-14-50(48)65(51)58(49)55(41)57/h1-35H. The minimum atomic E-state index is 0.580. The van der Waals surface area contributed by atoms with Crippen LogP contribution in [0, 0.1) is 0 Å². The van der Waals surface area contributed by atoms with Crippen LogP contribution < -0.4 is 0 Å². The fraction of sp³-hybridized carbons (Fsp3) is 0. The molecule has 0 saturated heterocycles. The highest BCUT2D eigenvalue weighted by molar-refractivity contribution is 6.37. The van der Waals surface area contributed by atoms with Crippen LogP contribution in [0.15, 0.2) is 212 Å². The number of rotatable bonds is 5. The van der Waals surface area contributed by atoms with E-state index in [0.717, 1.165) is 33.3 Å². The first kappa shape index (κ1) is 35.5. The van der Waals surface area contributed by atoms with Crippen LogP contribution >= 0.6 is 0 Å². The molecule has 0 atom stereocenters. The van der Waals surface area contributed by atoms with E-state index in [-0.39, 0.29) is 0 Å². The Labute approximate surface area is 377 Å². The van der Waals surface area contributed by atoms with E-state index in [2.05, 4.69) is 221 Å². The Morgan fingerprint density at radius 2 is 0.742 bits per heavy atom. The molecule has 11 aromatic carbocycles. The lowest BCUT2D eigenvalue weighted by Crippen LogP contribution is -2.06. The average molecular weight is 838 g/mol. The Bertz CT molecular complexity index is 4300. The smallest absolute Gasteiger partial charge is 0.238 e. The van der Waals surface area contributed by atoms with Gasteiger partial charge in [-0.3, -0.25) is 4.57 Å². The van der Waals surface area contributed by atoms with Gasteiger partial charge in [0.25, 0.3) is 0 Å². The maximum atomic E-state index is 5.41. The zero-order valence-corrected chi connectivity index (χ0v) is 35.4. The van der Waals surface area contributed by atoms with Gasteiger partial charge in [-0.15, -0.1) is 0 Å². The highest BCUT2D eigenvalue weighted by atomic mass is 15.2. The number of nitrogens with zero attached hydrogens (tertiary/aromatic N) is 5. The van der Waals surface area contributed by atoms with Crippen LogP contribution in [0.2, 0.25) is 0 Å². The number of fused-ring (bicyclic) bond motifs is 6. The summed E-state index contributed by atoms with van der Waals surface area (Å²) in [7, 11) is 0. The van der Waals surface area contributed by atoms with Crippen molar-refractivity contribution < 1.29 is 0 Å². The summed E-state index contributed by atoms with van der Waals surface area (Å²) in [5.41, 5.74) is 12.2. The molecule has 0 fully saturated rings. The molecule has 4 heterocycles. The predicted octanol–water partition coefficient (Wildman–Crippen LogP) is 15.7. The molecule has 0 aliphatic heterocycles. The molecule has 0 N–H and O–H groups in total. The summed E-state index contributed by atoms with van der Waals surface area (Å²) in [6, 6.07) is 76.7. The summed E-state index contributed by atoms with van der Waals surface area (Å²) in [5.74, 6) is 1.81. The Morgan fingerprint density at radius 3 is 1.38 bits per heavy atom. The second kappa shape index (κ2) is 13.3. The summed E-state index contributed by atoms with van der Waals surface area (Å²) in [4.78, 5) is 16.1. The monoisotopic (exact) mass is 837 g/mol. The zero-order valence-electron chi connectivity index (χ0n) is 35.4. The Morgan fingerprint density at radius 1 is 0.273 bits per heavy atom. The van der Waals surface area contributed by atoms with Crippen LogP contribution in [0.3, 0.4) is 0 Å². The molecule has 0 spiro atoms. The fourth-order valence-corrected chi connectivity index (χ4v) is 10.9. The van der Waals surface area contributed by atoms with Crippen molar-refractivity contribution in [3.8, 4) is 51.0 Å². The van der Waals surface area contributed by atoms with Gasteiger partial charge in [0.1, 0.15) is 0 Å². The van der Waals surface area contributed by atoms with Crippen LogP contribution in [0.1, 0.15) is 0 Å². The lowest BCUT2D eigenvalue weighted by molar-refractivity contribution is 0.954. The summed E-state index contributed by atoms with van der Waals surface area (Å²) < 4.78 is 4.78. The molecule has 0 bridgehead atoms. The first-order chi connectivity index (χ1) is 32.7. The first-order valence-electron chi connectivity index (χ1n) is 22.5. The van der Waals surface area contributed by atoms with E-state index in [4.69, 9.17) is 15.0 Å². The molecule has 0 aliphatic rings. The largest absolute Gasteiger partial charge is 0.308 e. The highest BCUT2D eigenvalue weighted by Crippen LogP contribution is 2.47. The van der Waals surface area contributed by atoms with E-state index >= 15 is 0 Å². The predicted molar refractivity (Wildman–Crippen MR) is 274 cm³/mol. The zero-order chi connectivity index (χ0) is 43.0. The van der Waals surface area contributed by atoms with Gasteiger partial charge in [0.15, 0.2) is 11.6 Å². The minimum Gasteiger partial charge on any atom is -0.308 e. The van der Waals surface area contributed by atoms with Gasteiger partial charge in [0.2, 0.25) is 5.95 Å². The molecular weight excluding hydrogens is 803 g/mol. The van der Waals surface area contributed by atoms with Gasteiger partial charge in [0.05, 0.1) is 27.6 Å². The van der Waals surface area contributed by atoms with Gasteiger partial charge in [-0.2, -0.15) is 9.97 Å². The summed E-state index contributed by atoms with van der Waals surface area (Å²) in [6.07, 6.45) is 0. The van der Waals surface area contributed by atoms with E-state index in [0.29, 0.717) is 17.6 Å². The molecular formula is C61H35N5. The van der Waals surface area contributed by atoms with Gasteiger partial charge < -0.3 is 4.40 Å². The third-order valence-corrected chi connectivity index (χ3v) is 14.0. The van der Waals surface area contributed by atoms with Gasteiger partial charge in [-0.25, -0.2) is 4.98 Å². The molecule has 0 unspecified atom stereocenters. The third-order valence-electron chi connectivity index (χ3n) is 14.0. The van der Waals surface area contributed by atoms with E-state index in [1.807, 2.05) is 0 Å². The summed E-state index contributed by atoms with van der Waals surface area (Å²) in [5, 5.41) is 14.7. The van der Waals surface area contributed by atoms with Crippen molar-refractivity contribution in [2.45, 2.75) is 0 Å². The van der Waals surface area contributed by atoms with Gasteiger partial charge in [-0.05, 0) is 91.0 Å². The Kier molecular flexibility index (Phi) is 7.16. The van der Waals surface area contributed by atoms with Crippen molar-refractivity contribution in [3.05, 3.63) is 212 Å². The second-order valence-electron chi connectivity index (χ2n) is 17.6. The molecule has 4 aromatic heterocycles. The van der Waals surface area contributed by atoms with Crippen molar-refractivity contribution in [2.24, 2.45) is 0 Å². The Hall–Kier alpha value is -8.93. The van der Waals surface area contributed by atoms with Crippen molar-refractivity contribution in [2.75, 3.05) is 0 Å². The van der Waals surface area contributed by atoms with Crippen LogP contribution in [0.4, 0.5) is 0 Å². The second-order valence-corrected chi connectivity index (χ2v) is 17.6. The maximum absolute atomic E-state index is 5.41. The van der Waals surface area contributed by atoms with Crippen LogP contribution in [0.25, 0.3) is 143 Å². The molecule has 304 valence electrons. The molecule has 15 aromatic rings. The van der Waals surface area contributed by atoms with E-state index in [9.17, 15) is 0 Å². The molecule has 5 nitrogen and oxygen atoms in total. The molecule has 0 amide bonds. The van der Waals surface area contributed by atoms with Gasteiger partial charge in [0, 0.05) is 43.4 Å². The van der Waals surface area contributed by atoms with Crippen LogP contribution in [0.5, 0.6) is 0 Å². The summed E-state index contributed by atoms with van der Waals surface area (Å²) in [6.45, 7) is 0. The number of aromatic nitrogens is 5. The normalized spacial score (nSPS) is 12.2. The maximum Gasteiger partial charge on any atom is 0.238 e. The van der Waals surface area contributed by atoms with E-state index in [1.54, 1.807) is 0 Å².